The minimum atomic E-state index is -0.614. The normalized spacial score (nSPS) is 10.8. The molecule has 0 unspecified atom stereocenters. The third-order valence-electron chi connectivity index (χ3n) is 3.12. The summed E-state index contributed by atoms with van der Waals surface area (Å²) in [5.74, 6) is -0.614. The Morgan fingerprint density at radius 1 is 1.35 bits per heavy atom. The van der Waals surface area contributed by atoms with Gasteiger partial charge in [-0.2, -0.15) is 0 Å². The zero-order chi connectivity index (χ0) is 14.1. The molecular formula is C15H12N2O3. The van der Waals surface area contributed by atoms with Gasteiger partial charge < -0.3 is 9.72 Å². The van der Waals surface area contributed by atoms with Crippen molar-refractivity contribution >= 4 is 27.8 Å². The molecule has 2 heterocycles. The van der Waals surface area contributed by atoms with Gasteiger partial charge in [0.05, 0.1) is 23.0 Å². The van der Waals surface area contributed by atoms with Crippen molar-refractivity contribution in [3.05, 3.63) is 52.4 Å². The van der Waals surface area contributed by atoms with E-state index in [0.717, 1.165) is 5.39 Å². The highest BCUT2D eigenvalue weighted by Crippen LogP contribution is 2.20. The number of pyridine rings is 2. The number of esters is 1. The maximum absolute atomic E-state index is 12.5. The van der Waals surface area contributed by atoms with Crippen molar-refractivity contribution in [1.29, 1.82) is 0 Å². The maximum atomic E-state index is 12.5. The van der Waals surface area contributed by atoms with Gasteiger partial charge >= 0.3 is 5.97 Å². The molecule has 3 aromatic rings. The summed E-state index contributed by atoms with van der Waals surface area (Å²) in [6, 6.07) is 7.19. The summed E-state index contributed by atoms with van der Waals surface area (Å²) >= 11 is 0. The van der Waals surface area contributed by atoms with Crippen LogP contribution in [0.25, 0.3) is 21.8 Å². The molecule has 0 radical (unpaired) electrons. The summed E-state index contributed by atoms with van der Waals surface area (Å²) in [4.78, 5) is 31.5. The molecule has 1 N–H and O–H groups in total. The number of fused-ring (bicyclic) bond motifs is 3. The SMILES string of the molecule is CCOC(=O)c1c[nH]c2ccc3ncccc3c2c1=O. The molecule has 0 fully saturated rings. The highest BCUT2D eigenvalue weighted by atomic mass is 16.5. The van der Waals surface area contributed by atoms with Crippen LogP contribution in [0.1, 0.15) is 17.3 Å². The van der Waals surface area contributed by atoms with Crippen LogP contribution in [-0.4, -0.2) is 22.5 Å². The molecule has 0 spiro atoms. The Balaban J connectivity index is 2.38. The third-order valence-corrected chi connectivity index (χ3v) is 3.12. The molecule has 20 heavy (non-hydrogen) atoms. The molecule has 0 saturated carbocycles. The molecule has 5 nitrogen and oxygen atoms in total. The number of nitrogens with one attached hydrogen (secondary N) is 1. The first-order valence-corrected chi connectivity index (χ1v) is 6.28. The van der Waals surface area contributed by atoms with Crippen LogP contribution in [0.2, 0.25) is 0 Å². The van der Waals surface area contributed by atoms with Gasteiger partial charge in [-0.3, -0.25) is 9.78 Å². The largest absolute Gasteiger partial charge is 0.462 e. The first-order valence-electron chi connectivity index (χ1n) is 6.28. The number of rotatable bonds is 2. The maximum Gasteiger partial charge on any atom is 0.343 e. The van der Waals surface area contributed by atoms with Crippen molar-refractivity contribution in [3.63, 3.8) is 0 Å². The van der Waals surface area contributed by atoms with Crippen LogP contribution in [0.15, 0.2) is 41.5 Å². The van der Waals surface area contributed by atoms with Crippen LogP contribution in [0, 0.1) is 0 Å². The van der Waals surface area contributed by atoms with E-state index in [1.165, 1.54) is 6.20 Å². The van der Waals surface area contributed by atoms with Crippen molar-refractivity contribution in [1.82, 2.24) is 9.97 Å². The molecule has 1 aromatic carbocycles. The van der Waals surface area contributed by atoms with Crippen LogP contribution in [-0.2, 0) is 4.74 Å². The Morgan fingerprint density at radius 2 is 2.20 bits per heavy atom. The summed E-state index contributed by atoms with van der Waals surface area (Å²) in [5, 5.41) is 1.18. The number of carbonyl (C=O) groups is 1. The average molecular weight is 268 g/mol. The summed E-state index contributed by atoms with van der Waals surface area (Å²) in [6.07, 6.45) is 3.06. The number of aromatic nitrogens is 2. The second-order valence-corrected chi connectivity index (χ2v) is 4.31. The lowest BCUT2D eigenvalue weighted by atomic mass is 10.1. The molecule has 0 aliphatic rings. The van der Waals surface area contributed by atoms with E-state index in [9.17, 15) is 9.59 Å². The Labute approximate surface area is 114 Å². The fraction of sp³-hybridized carbons (Fsp3) is 0.133. The minimum Gasteiger partial charge on any atom is -0.462 e. The molecule has 0 amide bonds. The number of nitrogens with zero attached hydrogens (tertiary/aromatic N) is 1. The molecule has 100 valence electrons. The van der Waals surface area contributed by atoms with E-state index in [1.807, 2.05) is 12.1 Å². The number of aromatic amines is 1. The molecule has 3 rings (SSSR count). The Bertz CT molecular complexity index is 868. The van der Waals surface area contributed by atoms with Crippen LogP contribution >= 0.6 is 0 Å². The first-order chi connectivity index (χ1) is 9.72. The molecule has 0 aliphatic carbocycles. The molecular weight excluding hydrogens is 256 g/mol. The van der Waals surface area contributed by atoms with E-state index in [0.29, 0.717) is 16.4 Å². The van der Waals surface area contributed by atoms with Crippen molar-refractivity contribution < 1.29 is 9.53 Å². The first kappa shape index (κ1) is 12.3. The van der Waals surface area contributed by atoms with Crippen molar-refractivity contribution in [2.75, 3.05) is 6.61 Å². The summed E-state index contributed by atoms with van der Waals surface area (Å²) in [6.45, 7) is 1.93. The third kappa shape index (κ3) is 1.84. The van der Waals surface area contributed by atoms with Gasteiger partial charge in [0.25, 0.3) is 0 Å². The second-order valence-electron chi connectivity index (χ2n) is 4.31. The molecule has 2 aromatic heterocycles. The van der Waals surface area contributed by atoms with Gasteiger partial charge in [-0.05, 0) is 25.1 Å². The van der Waals surface area contributed by atoms with E-state index in [-0.39, 0.29) is 17.6 Å². The molecule has 0 aliphatic heterocycles. The standard InChI is InChI=1S/C15H12N2O3/c1-2-20-15(19)10-8-17-12-6-5-11-9(4-3-7-16-11)13(12)14(10)18/h3-8H,2H2,1H3,(H,17,18). The van der Waals surface area contributed by atoms with Gasteiger partial charge in [0.15, 0.2) is 0 Å². The fourth-order valence-electron chi connectivity index (χ4n) is 2.23. The zero-order valence-corrected chi connectivity index (χ0v) is 10.8. The van der Waals surface area contributed by atoms with E-state index >= 15 is 0 Å². The summed E-state index contributed by atoms with van der Waals surface area (Å²) < 4.78 is 4.90. The van der Waals surface area contributed by atoms with Gasteiger partial charge in [-0.15, -0.1) is 0 Å². The fourth-order valence-corrected chi connectivity index (χ4v) is 2.23. The lowest BCUT2D eigenvalue weighted by Crippen LogP contribution is -2.18. The molecule has 5 heteroatoms. The minimum absolute atomic E-state index is 0.00991. The zero-order valence-electron chi connectivity index (χ0n) is 10.8. The van der Waals surface area contributed by atoms with Gasteiger partial charge in [-0.25, -0.2) is 4.79 Å². The van der Waals surface area contributed by atoms with Gasteiger partial charge in [0.1, 0.15) is 5.56 Å². The van der Waals surface area contributed by atoms with Crippen LogP contribution in [0.5, 0.6) is 0 Å². The Hall–Kier alpha value is -2.69. The van der Waals surface area contributed by atoms with Crippen molar-refractivity contribution in [3.8, 4) is 0 Å². The van der Waals surface area contributed by atoms with Gasteiger partial charge in [0.2, 0.25) is 5.43 Å². The van der Waals surface area contributed by atoms with Crippen molar-refractivity contribution in [2.45, 2.75) is 6.92 Å². The molecule has 0 bridgehead atoms. The van der Waals surface area contributed by atoms with Crippen molar-refractivity contribution in [2.24, 2.45) is 0 Å². The van der Waals surface area contributed by atoms with Gasteiger partial charge in [-0.1, -0.05) is 6.07 Å². The number of ether oxygens (including phenoxy) is 1. The number of hydrogen-bond donors (Lipinski definition) is 1. The number of benzene rings is 1. The Kier molecular flexibility index (Phi) is 2.95. The van der Waals surface area contributed by atoms with Crippen LogP contribution in [0.3, 0.4) is 0 Å². The summed E-state index contributed by atoms with van der Waals surface area (Å²) in [5.41, 5.74) is 1.06. The quantitative estimate of drug-likeness (QED) is 0.571. The van der Waals surface area contributed by atoms with E-state index < -0.39 is 5.97 Å². The predicted octanol–water partition coefficient (Wildman–Crippen LogP) is 2.25. The smallest absolute Gasteiger partial charge is 0.343 e. The van der Waals surface area contributed by atoms with Gasteiger partial charge in [0, 0.05) is 17.8 Å². The lowest BCUT2D eigenvalue weighted by Gasteiger charge is -2.05. The molecule has 0 atom stereocenters. The van der Waals surface area contributed by atoms with Crippen LogP contribution < -0.4 is 5.43 Å². The highest BCUT2D eigenvalue weighted by Gasteiger charge is 2.15. The monoisotopic (exact) mass is 268 g/mol. The number of hydrogen-bond acceptors (Lipinski definition) is 4. The molecule has 0 saturated heterocycles. The number of carbonyl (C=O) groups excluding carboxylic acids is 1. The number of H-pyrrole nitrogens is 1. The predicted molar refractivity (Wildman–Crippen MR) is 75.8 cm³/mol. The average Bonchev–Trinajstić information content (AvgIpc) is 2.47. The Morgan fingerprint density at radius 3 is 3.00 bits per heavy atom. The topological polar surface area (TPSA) is 72.1 Å². The van der Waals surface area contributed by atoms with Crippen LogP contribution in [0.4, 0.5) is 0 Å². The lowest BCUT2D eigenvalue weighted by molar-refractivity contribution is 0.0524. The van der Waals surface area contributed by atoms with E-state index in [4.69, 9.17) is 4.74 Å². The highest BCUT2D eigenvalue weighted by molar-refractivity contribution is 6.06. The second kappa shape index (κ2) is 4.77. The van der Waals surface area contributed by atoms with E-state index in [2.05, 4.69) is 9.97 Å². The van der Waals surface area contributed by atoms with E-state index in [1.54, 1.807) is 25.3 Å². The summed E-state index contributed by atoms with van der Waals surface area (Å²) in [7, 11) is 0.